The highest BCUT2D eigenvalue weighted by Crippen LogP contribution is 2.46. The number of hydrogen-bond donors (Lipinski definition) is 0. The van der Waals surface area contributed by atoms with Crippen molar-refractivity contribution in [3.8, 4) is 33.6 Å². The van der Waals surface area contributed by atoms with Crippen molar-refractivity contribution < 1.29 is 0 Å². The molecular formula is C58H42BN3. The maximum Gasteiger partial charge on any atom is 0.252 e. The largest absolute Gasteiger partial charge is 0.310 e. The van der Waals surface area contributed by atoms with Crippen LogP contribution in [-0.4, -0.2) is 15.8 Å². The summed E-state index contributed by atoms with van der Waals surface area (Å²) < 4.78 is 5.21. The normalized spacial score (nSPS) is 12.5. The van der Waals surface area contributed by atoms with Gasteiger partial charge < -0.3 is 14.0 Å². The van der Waals surface area contributed by atoms with Crippen LogP contribution in [0.3, 0.4) is 0 Å². The lowest BCUT2D eigenvalue weighted by Gasteiger charge is -2.37. The van der Waals surface area contributed by atoms with Gasteiger partial charge in [0.25, 0.3) is 6.71 Å². The molecular weight excluding hydrogens is 749 g/mol. The Bertz CT molecular complexity index is 3570. The van der Waals surface area contributed by atoms with Crippen LogP contribution in [0.1, 0.15) is 22.3 Å². The molecule has 9 aromatic carbocycles. The number of hydrogen-bond acceptors (Lipinski definition) is 1. The molecule has 0 radical (unpaired) electrons. The number of rotatable bonds is 5. The lowest BCUT2D eigenvalue weighted by Crippen LogP contribution is -2.59. The van der Waals surface area contributed by atoms with Crippen LogP contribution in [0.4, 0.5) is 17.1 Å². The smallest absolute Gasteiger partial charge is 0.252 e. The quantitative estimate of drug-likeness (QED) is 0.158. The third kappa shape index (κ3) is 4.95. The predicted octanol–water partition coefficient (Wildman–Crippen LogP) is 13.1. The molecule has 11 aromatic rings. The fraction of sp³-hybridized carbons (Fsp3) is 0.0690. The molecule has 0 fully saturated rings. The van der Waals surface area contributed by atoms with E-state index in [1.807, 2.05) is 0 Å². The molecule has 4 heterocycles. The van der Waals surface area contributed by atoms with Gasteiger partial charge >= 0.3 is 0 Å². The number of anilines is 3. The Balaban J connectivity index is 1.17. The van der Waals surface area contributed by atoms with Gasteiger partial charge in [0.05, 0.1) is 22.4 Å². The Morgan fingerprint density at radius 2 is 0.839 bits per heavy atom. The van der Waals surface area contributed by atoms with Crippen molar-refractivity contribution in [3.05, 3.63) is 204 Å². The van der Waals surface area contributed by atoms with Gasteiger partial charge in [-0.15, -0.1) is 0 Å². The average molecular weight is 792 g/mol. The first kappa shape index (κ1) is 35.2. The number of aryl methyl sites for hydroxylation is 4. The van der Waals surface area contributed by atoms with E-state index in [1.54, 1.807) is 0 Å². The number of benzene rings is 9. The summed E-state index contributed by atoms with van der Waals surface area (Å²) in [5.74, 6) is 0. The van der Waals surface area contributed by atoms with Crippen molar-refractivity contribution in [1.82, 2.24) is 9.13 Å². The van der Waals surface area contributed by atoms with Gasteiger partial charge in [0.1, 0.15) is 0 Å². The summed E-state index contributed by atoms with van der Waals surface area (Å²) in [6.07, 6.45) is 0. The molecule has 13 rings (SSSR count). The SMILES string of the molecule is Cc1ccc2c(c1)c1cc(C)cc3c1n2-c1ccc(N(c2ccc(-c4ccccc4)cc2)c2ccc(-c4ccccc4)cc2)c2c1B3c1cc(C)cc3c4cc(C)ccc4n-2c13. The summed E-state index contributed by atoms with van der Waals surface area (Å²) in [4.78, 5) is 2.50. The second-order valence-electron chi connectivity index (χ2n) is 17.7. The van der Waals surface area contributed by atoms with E-state index in [0.29, 0.717) is 0 Å². The van der Waals surface area contributed by atoms with Crippen LogP contribution in [-0.2, 0) is 0 Å². The molecule has 0 bridgehead atoms. The summed E-state index contributed by atoms with van der Waals surface area (Å²) >= 11 is 0. The highest BCUT2D eigenvalue weighted by atomic mass is 15.2. The minimum atomic E-state index is 0.0309. The molecule has 292 valence electrons. The van der Waals surface area contributed by atoms with Crippen LogP contribution in [0.2, 0.25) is 0 Å². The Labute approximate surface area is 361 Å². The lowest BCUT2D eigenvalue weighted by atomic mass is 9.34. The van der Waals surface area contributed by atoms with Gasteiger partial charge in [-0.3, -0.25) is 0 Å². The highest BCUT2D eigenvalue weighted by Gasteiger charge is 2.43. The van der Waals surface area contributed by atoms with E-state index in [-0.39, 0.29) is 6.71 Å². The first-order valence-electron chi connectivity index (χ1n) is 21.8. The molecule has 0 N–H and O–H groups in total. The van der Waals surface area contributed by atoms with E-state index in [9.17, 15) is 0 Å². The molecule has 0 unspecified atom stereocenters. The first-order valence-corrected chi connectivity index (χ1v) is 21.8. The van der Waals surface area contributed by atoms with Crippen LogP contribution in [0.5, 0.6) is 0 Å². The highest BCUT2D eigenvalue weighted by molar-refractivity contribution is 7.00. The van der Waals surface area contributed by atoms with E-state index >= 15 is 0 Å². The Morgan fingerprint density at radius 3 is 1.35 bits per heavy atom. The number of fused-ring (bicyclic) bond motifs is 10. The Morgan fingerprint density at radius 1 is 0.387 bits per heavy atom. The fourth-order valence-corrected chi connectivity index (χ4v) is 11.1. The second-order valence-corrected chi connectivity index (χ2v) is 17.7. The molecule has 0 saturated heterocycles. The van der Waals surface area contributed by atoms with Gasteiger partial charge in [-0.1, -0.05) is 131 Å². The molecule has 0 amide bonds. The standard InChI is InChI=1S/C58H42BN3/c1-35-15-25-51-45(29-35)47-31-37(3)33-49-56(47)61(51)53-27-28-54(58-55(53)59(49)50-34-38(4)32-48-46-30-36(2)16-26-52(46)62(58)57(48)50)60(43-21-17-41(18-22-43)39-11-7-5-8-12-39)44-23-19-42(20-24-44)40-13-9-6-10-14-40/h5-34H,1-4H3. The third-order valence-electron chi connectivity index (χ3n) is 13.6. The fourth-order valence-electron chi connectivity index (χ4n) is 11.1. The van der Waals surface area contributed by atoms with Crippen molar-refractivity contribution in [1.29, 1.82) is 0 Å². The lowest BCUT2D eigenvalue weighted by molar-refractivity contribution is 1.12. The maximum absolute atomic E-state index is 2.63. The van der Waals surface area contributed by atoms with Crippen molar-refractivity contribution in [3.63, 3.8) is 0 Å². The van der Waals surface area contributed by atoms with Gasteiger partial charge in [0, 0.05) is 49.6 Å². The van der Waals surface area contributed by atoms with Crippen molar-refractivity contribution >= 4 is 83.8 Å². The minimum absolute atomic E-state index is 0.0309. The zero-order valence-corrected chi connectivity index (χ0v) is 35.2. The molecule has 0 atom stereocenters. The number of aromatic nitrogens is 2. The zero-order chi connectivity index (χ0) is 41.4. The van der Waals surface area contributed by atoms with Gasteiger partial charge in [-0.2, -0.15) is 0 Å². The van der Waals surface area contributed by atoms with Gasteiger partial charge in [0.2, 0.25) is 0 Å². The monoisotopic (exact) mass is 791 g/mol. The summed E-state index contributed by atoms with van der Waals surface area (Å²) in [7, 11) is 0. The first-order chi connectivity index (χ1) is 30.4. The molecule has 2 aliphatic rings. The van der Waals surface area contributed by atoms with Crippen LogP contribution < -0.4 is 21.3 Å². The molecule has 0 spiro atoms. The van der Waals surface area contributed by atoms with Gasteiger partial charge in [-0.25, -0.2) is 0 Å². The zero-order valence-electron chi connectivity index (χ0n) is 35.2. The van der Waals surface area contributed by atoms with Gasteiger partial charge in [0.15, 0.2) is 0 Å². The molecule has 2 aliphatic heterocycles. The van der Waals surface area contributed by atoms with Crippen molar-refractivity contribution in [2.75, 3.05) is 4.90 Å². The predicted molar refractivity (Wildman–Crippen MR) is 264 cm³/mol. The summed E-state index contributed by atoms with van der Waals surface area (Å²) in [6.45, 7) is 9.01. The third-order valence-corrected chi connectivity index (χ3v) is 13.6. The number of nitrogens with zero attached hydrogens (tertiary/aromatic N) is 3. The molecule has 0 aliphatic carbocycles. The van der Waals surface area contributed by atoms with E-state index in [1.165, 1.54) is 116 Å². The molecule has 62 heavy (non-hydrogen) atoms. The molecule has 2 aromatic heterocycles. The van der Waals surface area contributed by atoms with Crippen LogP contribution >= 0.6 is 0 Å². The van der Waals surface area contributed by atoms with E-state index in [0.717, 1.165) is 17.1 Å². The Hall–Kier alpha value is -7.56. The van der Waals surface area contributed by atoms with Crippen LogP contribution in [0, 0.1) is 27.7 Å². The van der Waals surface area contributed by atoms with E-state index in [4.69, 9.17) is 0 Å². The second kappa shape index (κ2) is 13.0. The minimum Gasteiger partial charge on any atom is -0.310 e. The maximum atomic E-state index is 2.63. The van der Waals surface area contributed by atoms with E-state index < -0.39 is 0 Å². The van der Waals surface area contributed by atoms with Gasteiger partial charge in [-0.05, 0) is 139 Å². The summed E-state index contributed by atoms with van der Waals surface area (Å²) in [6, 6.07) is 68.3. The summed E-state index contributed by atoms with van der Waals surface area (Å²) in [5, 5.41) is 5.26. The van der Waals surface area contributed by atoms with Crippen LogP contribution in [0.15, 0.2) is 182 Å². The molecule has 3 nitrogen and oxygen atoms in total. The molecule has 0 saturated carbocycles. The molecule has 4 heteroatoms. The average Bonchev–Trinajstić information content (AvgIpc) is 3.79. The Kier molecular flexibility index (Phi) is 7.37. The topological polar surface area (TPSA) is 13.1 Å². The van der Waals surface area contributed by atoms with Crippen LogP contribution in [0.25, 0.3) is 77.2 Å². The summed E-state index contributed by atoms with van der Waals surface area (Å²) in [5.41, 5.74) is 25.0. The van der Waals surface area contributed by atoms with Crippen molar-refractivity contribution in [2.24, 2.45) is 0 Å². The van der Waals surface area contributed by atoms with E-state index in [2.05, 4.69) is 224 Å². The van der Waals surface area contributed by atoms with Crippen molar-refractivity contribution in [2.45, 2.75) is 27.7 Å².